The molecule has 0 spiro atoms. The van der Waals surface area contributed by atoms with Crippen LogP contribution in [-0.2, 0) is 10.5 Å². The van der Waals surface area contributed by atoms with Gasteiger partial charge in [0.1, 0.15) is 12.4 Å². The highest BCUT2D eigenvalue weighted by molar-refractivity contribution is 7.98. The highest BCUT2D eigenvalue weighted by Gasteiger charge is 2.10. The Morgan fingerprint density at radius 3 is 2.81 bits per heavy atom. The maximum atomic E-state index is 5.92. The lowest BCUT2D eigenvalue weighted by atomic mass is 10.2. The zero-order chi connectivity index (χ0) is 17.6. The number of fused-ring (bicyclic) bond motifs is 1. The molecule has 0 aliphatic carbocycles. The summed E-state index contributed by atoms with van der Waals surface area (Å²) < 4.78 is 11.3. The minimum Gasteiger partial charge on any atom is -0.492 e. The molecule has 5 nitrogen and oxygen atoms in total. The van der Waals surface area contributed by atoms with Crippen molar-refractivity contribution in [2.75, 3.05) is 39.5 Å². The number of nitrogens with one attached hydrogen (secondary N) is 1. The molecule has 2 heterocycles. The molecule has 6 heteroatoms. The fourth-order valence-electron chi connectivity index (χ4n) is 2.97. The van der Waals surface area contributed by atoms with E-state index in [1.165, 1.54) is 5.56 Å². The van der Waals surface area contributed by atoms with E-state index in [-0.39, 0.29) is 0 Å². The fourth-order valence-corrected chi connectivity index (χ4v) is 3.81. The molecule has 3 aromatic rings. The molecule has 1 aromatic heterocycles. The largest absolute Gasteiger partial charge is 0.492 e. The number of aromatic nitrogens is 2. The number of imidazole rings is 1. The van der Waals surface area contributed by atoms with Crippen molar-refractivity contribution in [3.63, 3.8) is 0 Å². The van der Waals surface area contributed by atoms with Crippen LogP contribution in [-0.4, -0.2) is 54.3 Å². The lowest BCUT2D eigenvalue weighted by Gasteiger charge is -2.26. The first-order valence-electron chi connectivity index (χ1n) is 8.96. The molecule has 0 bridgehead atoms. The first-order valence-corrected chi connectivity index (χ1v) is 9.95. The van der Waals surface area contributed by atoms with Crippen LogP contribution in [0.25, 0.3) is 11.0 Å². The molecule has 1 aliphatic rings. The summed E-state index contributed by atoms with van der Waals surface area (Å²) in [4.78, 5) is 10.4. The predicted molar refractivity (Wildman–Crippen MR) is 105 cm³/mol. The van der Waals surface area contributed by atoms with Crippen LogP contribution in [0.1, 0.15) is 5.56 Å². The predicted octanol–water partition coefficient (Wildman–Crippen LogP) is 3.57. The maximum Gasteiger partial charge on any atom is 0.166 e. The number of benzene rings is 2. The van der Waals surface area contributed by atoms with Gasteiger partial charge in [0.05, 0.1) is 24.2 Å². The lowest BCUT2D eigenvalue weighted by Crippen LogP contribution is -2.38. The number of morpholine rings is 1. The molecule has 1 aliphatic heterocycles. The molecule has 0 radical (unpaired) electrons. The van der Waals surface area contributed by atoms with Gasteiger partial charge in [0.25, 0.3) is 0 Å². The Balaban J connectivity index is 1.33. The van der Waals surface area contributed by atoms with Gasteiger partial charge in [-0.3, -0.25) is 4.90 Å². The monoisotopic (exact) mass is 369 g/mol. The first-order chi connectivity index (χ1) is 12.9. The molecular weight excluding hydrogens is 346 g/mol. The van der Waals surface area contributed by atoms with Gasteiger partial charge in [0.2, 0.25) is 0 Å². The Morgan fingerprint density at radius 2 is 1.96 bits per heavy atom. The molecule has 1 saturated heterocycles. The van der Waals surface area contributed by atoms with Crippen LogP contribution in [0.5, 0.6) is 5.75 Å². The zero-order valence-corrected chi connectivity index (χ0v) is 15.5. The minimum atomic E-state index is 0.690. The third-order valence-electron chi connectivity index (χ3n) is 4.43. The Bertz CT molecular complexity index is 831. The van der Waals surface area contributed by atoms with Crippen LogP contribution in [0, 0.1) is 0 Å². The minimum absolute atomic E-state index is 0.690. The van der Waals surface area contributed by atoms with E-state index in [0.717, 1.165) is 60.5 Å². The molecule has 0 amide bonds. The Hall–Kier alpha value is -2.02. The van der Waals surface area contributed by atoms with E-state index in [0.29, 0.717) is 6.61 Å². The number of hydrogen-bond acceptors (Lipinski definition) is 5. The lowest BCUT2D eigenvalue weighted by molar-refractivity contribution is 0.0322. The summed E-state index contributed by atoms with van der Waals surface area (Å²) in [6, 6.07) is 16.5. The summed E-state index contributed by atoms with van der Waals surface area (Å²) in [6.45, 7) is 5.25. The van der Waals surface area contributed by atoms with Gasteiger partial charge in [-0.05, 0) is 17.7 Å². The molecule has 1 N–H and O–H groups in total. The summed E-state index contributed by atoms with van der Waals surface area (Å²) in [7, 11) is 0. The molecule has 0 unspecified atom stereocenters. The van der Waals surface area contributed by atoms with Crippen LogP contribution in [0.15, 0.2) is 53.7 Å². The van der Waals surface area contributed by atoms with Gasteiger partial charge in [-0.25, -0.2) is 4.98 Å². The second kappa shape index (κ2) is 8.58. The van der Waals surface area contributed by atoms with Crippen LogP contribution < -0.4 is 4.74 Å². The van der Waals surface area contributed by atoms with E-state index < -0.39 is 0 Å². The Kier molecular flexibility index (Phi) is 5.74. The molecule has 4 rings (SSSR count). The van der Waals surface area contributed by atoms with E-state index in [4.69, 9.17) is 9.47 Å². The maximum absolute atomic E-state index is 5.92. The number of hydrogen-bond donors (Lipinski definition) is 1. The molecule has 1 fully saturated rings. The van der Waals surface area contributed by atoms with Crippen molar-refractivity contribution < 1.29 is 9.47 Å². The van der Waals surface area contributed by atoms with Gasteiger partial charge in [-0.1, -0.05) is 42.1 Å². The van der Waals surface area contributed by atoms with Crippen molar-refractivity contribution in [1.29, 1.82) is 0 Å². The average Bonchev–Trinajstić information content (AvgIpc) is 3.10. The molecule has 0 atom stereocenters. The number of thioether (sulfide) groups is 1. The summed E-state index contributed by atoms with van der Waals surface area (Å²) in [5.74, 6) is 1.79. The van der Waals surface area contributed by atoms with E-state index in [9.17, 15) is 0 Å². The standard InChI is InChI=1S/C20H23N3O2S/c1-2-4-16(5-3-1)15-26-20-21-18-7-6-17(14-19(18)22-20)25-13-10-23-8-11-24-12-9-23/h1-7,14H,8-13,15H2,(H,21,22). The normalized spacial score (nSPS) is 15.4. The number of nitrogens with zero attached hydrogens (tertiary/aromatic N) is 2. The van der Waals surface area contributed by atoms with Gasteiger partial charge in [-0.15, -0.1) is 0 Å². The van der Waals surface area contributed by atoms with Crippen LogP contribution in [0.3, 0.4) is 0 Å². The van der Waals surface area contributed by atoms with Crippen LogP contribution in [0.2, 0.25) is 0 Å². The van der Waals surface area contributed by atoms with Crippen molar-refractivity contribution in [3.05, 3.63) is 54.1 Å². The van der Waals surface area contributed by atoms with Gasteiger partial charge >= 0.3 is 0 Å². The van der Waals surface area contributed by atoms with Gasteiger partial charge < -0.3 is 14.5 Å². The van der Waals surface area contributed by atoms with E-state index >= 15 is 0 Å². The van der Waals surface area contributed by atoms with Gasteiger partial charge in [0.15, 0.2) is 5.16 Å². The smallest absolute Gasteiger partial charge is 0.166 e. The van der Waals surface area contributed by atoms with Crippen molar-refractivity contribution in [2.45, 2.75) is 10.9 Å². The number of rotatable bonds is 7. The number of aromatic amines is 1. The highest BCUT2D eigenvalue weighted by atomic mass is 32.2. The number of ether oxygens (including phenoxy) is 2. The Labute approximate surface area is 157 Å². The van der Waals surface area contributed by atoms with E-state index in [1.807, 2.05) is 24.3 Å². The topological polar surface area (TPSA) is 50.4 Å². The Morgan fingerprint density at radius 1 is 1.12 bits per heavy atom. The van der Waals surface area contributed by atoms with Crippen LogP contribution in [0.4, 0.5) is 0 Å². The summed E-state index contributed by atoms with van der Waals surface area (Å²) in [6.07, 6.45) is 0. The van der Waals surface area contributed by atoms with Crippen molar-refractivity contribution in [2.24, 2.45) is 0 Å². The average molecular weight is 369 g/mol. The quantitative estimate of drug-likeness (QED) is 0.645. The SMILES string of the molecule is c1ccc(CSc2nc3ccc(OCCN4CCOCC4)cc3[nH]2)cc1. The summed E-state index contributed by atoms with van der Waals surface area (Å²) >= 11 is 1.72. The highest BCUT2D eigenvalue weighted by Crippen LogP contribution is 2.25. The molecular formula is C20H23N3O2S. The summed E-state index contributed by atoms with van der Waals surface area (Å²) in [5.41, 5.74) is 3.29. The molecule has 0 saturated carbocycles. The molecule has 2 aromatic carbocycles. The van der Waals surface area contributed by atoms with Gasteiger partial charge in [-0.2, -0.15) is 0 Å². The van der Waals surface area contributed by atoms with Crippen LogP contribution >= 0.6 is 11.8 Å². The first kappa shape index (κ1) is 17.4. The molecule has 136 valence electrons. The van der Waals surface area contributed by atoms with Crippen molar-refractivity contribution >= 4 is 22.8 Å². The molecule has 26 heavy (non-hydrogen) atoms. The second-order valence-electron chi connectivity index (χ2n) is 6.30. The number of H-pyrrole nitrogens is 1. The zero-order valence-electron chi connectivity index (χ0n) is 14.7. The van der Waals surface area contributed by atoms with Gasteiger partial charge in [0, 0.05) is 31.5 Å². The van der Waals surface area contributed by atoms with Crippen molar-refractivity contribution in [3.8, 4) is 5.75 Å². The second-order valence-corrected chi connectivity index (χ2v) is 7.26. The third kappa shape index (κ3) is 4.58. The summed E-state index contributed by atoms with van der Waals surface area (Å²) in [5, 5.41) is 0.939. The fraction of sp³-hybridized carbons (Fsp3) is 0.350. The third-order valence-corrected chi connectivity index (χ3v) is 5.37. The van der Waals surface area contributed by atoms with Crippen molar-refractivity contribution in [1.82, 2.24) is 14.9 Å². The van der Waals surface area contributed by atoms with E-state index in [2.05, 4.69) is 39.1 Å². The van der Waals surface area contributed by atoms with E-state index in [1.54, 1.807) is 11.8 Å².